The van der Waals surface area contributed by atoms with Gasteiger partial charge in [-0.2, -0.15) is 5.26 Å². The summed E-state index contributed by atoms with van der Waals surface area (Å²) < 4.78 is 10.3. The van der Waals surface area contributed by atoms with Gasteiger partial charge in [0, 0.05) is 5.46 Å². The summed E-state index contributed by atoms with van der Waals surface area (Å²) >= 11 is 0. The van der Waals surface area contributed by atoms with Crippen molar-refractivity contribution >= 4 is 18.4 Å². The summed E-state index contributed by atoms with van der Waals surface area (Å²) in [4.78, 5) is 10.8. The van der Waals surface area contributed by atoms with Crippen LogP contribution in [0.15, 0.2) is 12.1 Å². The smallest absolute Gasteiger partial charge is 0.484 e. The fraction of sp³-hybridized carbons (Fsp3) is 0.273. The molecule has 0 saturated heterocycles. The molecule has 5 nitrogen and oxygen atoms in total. The van der Waals surface area contributed by atoms with Gasteiger partial charge < -0.3 is 14.4 Å². The van der Waals surface area contributed by atoms with E-state index in [-0.39, 0.29) is 24.6 Å². The number of fused-ring (bicyclic) bond motifs is 1. The van der Waals surface area contributed by atoms with Gasteiger partial charge in [0.1, 0.15) is 18.4 Å². The van der Waals surface area contributed by atoms with Crippen LogP contribution in [0, 0.1) is 11.3 Å². The second-order valence-corrected chi connectivity index (χ2v) is 3.78. The Morgan fingerprint density at radius 2 is 2.47 bits per heavy atom. The molecule has 17 heavy (non-hydrogen) atoms. The molecule has 1 aliphatic rings. The number of ketones is 1. The Bertz CT molecular complexity index is 509. The van der Waals surface area contributed by atoms with E-state index >= 15 is 0 Å². The second kappa shape index (κ2) is 4.57. The van der Waals surface area contributed by atoms with Gasteiger partial charge in [-0.15, -0.1) is 0 Å². The van der Waals surface area contributed by atoms with Crippen molar-refractivity contribution in [3.8, 4) is 11.8 Å². The maximum Gasteiger partial charge on any atom is 0.493 e. The average Bonchev–Trinajstić information content (AvgIpc) is 2.68. The highest BCUT2D eigenvalue weighted by atomic mass is 16.5. The molecule has 1 heterocycles. The van der Waals surface area contributed by atoms with Crippen LogP contribution in [0.2, 0.25) is 0 Å². The number of rotatable bonds is 3. The minimum Gasteiger partial charge on any atom is -0.484 e. The summed E-state index contributed by atoms with van der Waals surface area (Å²) in [6.45, 7) is 1.58. The van der Waals surface area contributed by atoms with Crippen LogP contribution in [0.25, 0.3) is 0 Å². The first-order chi connectivity index (χ1) is 8.13. The maximum atomic E-state index is 10.8. The first-order valence-electron chi connectivity index (χ1n) is 5.11. The predicted octanol–water partition coefficient (Wildman–Crippen LogP) is -0.256. The molecule has 0 fully saturated rings. The van der Waals surface area contributed by atoms with Gasteiger partial charge in [-0.1, -0.05) is 6.07 Å². The van der Waals surface area contributed by atoms with Crippen LogP contribution in [-0.2, 0) is 16.1 Å². The topological polar surface area (TPSA) is 79.6 Å². The van der Waals surface area contributed by atoms with Crippen molar-refractivity contribution < 1.29 is 19.2 Å². The third-order valence-corrected chi connectivity index (χ3v) is 2.48. The van der Waals surface area contributed by atoms with Gasteiger partial charge in [-0.05, 0) is 18.6 Å². The van der Waals surface area contributed by atoms with E-state index < -0.39 is 7.12 Å². The van der Waals surface area contributed by atoms with Crippen molar-refractivity contribution in [2.45, 2.75) is 13.5 Å². The van der Waals surface area contributed by atoms with E-state index in [9.17, 15) is 9.82 Å². The minimum atomic E-state index is -1.10. The molecule has 6 heteroatoms. The summed E-state index contributed by atoms with van der Waals surface area (Å²) in [6.07, 6.45) is 0. The van der Waals surface area contributed by atoms with E-state index in [4.69, 9.17) is 14.7 Å². The van der Waals surface area contributed by atoms with Crippen LogP contribution < -0.4 is 10.2 Å². The van der Waals surface area contributed by atoms with E-state index in [0.717, 1.165) is 5.56 Å². The highest BCUT2D eigenvalue weighted by Gasteiger charge is 2.32. The van der Waals surface area contributed by atoms with Crippen LogP contribution in [0.1, 0.15) is 18.1 Å². The average molecular weight is 231 g/mol. The number of benzene rings is 1. The molecule has 1 aromatic carbocycles. The van der Waals surface area contributed by atoms with Gasteiger partial charge in [-0.3, -0.25) is 4.79 Å². The number of ether oxygens (including phenoxy) is 1. The minimum absolute atomic E-state index is 0.0928. The van der Waals surface area contributed by atoms with Gasteiger partial charge in [-0.25, -0.2) is 0 Å². The van der Waals surface area contributed by atoms with Gasteiger partial charge in [0.15, 0.2) is 5.78 Å². The van der Waals surface area contributed by atoms with E-state index in [2.05, 4.69) is 0 Å². The lowest BCUT2D eigenvalue weighted by Gasteiger charge is -2.09. The van der Waals surface area contributed by atoms with Crippen LogP contribution in [0.5, 0.6) is 5.75 Å². The summed E-state index contributed by atoms with van der Waals surface area (Å²) in [5.41, 5.74) is 1.44. The van der Waals surface area contributed by atoms with Crippen molar-refractivity contribution in [1.29, 1.82) is 5.26 Å². The Labute approximate surface area is 98.7 Å². The fourth-order valence-electron chi connectivity index (χ4n) is 1.72. The molecule has 0 aromatic heterocycles. The number of nitrogens with zero attached hydrogens (tertiary/aromatic N) is 1. The van der Waals surface area contributed by atoms with Crippen LogP contribution in [0.3, 0.4) is 0 Å². The number of nitriles is 1. The molecule has 0 unspecified atom stereocenters. The standard InChI is InChI=1S/C11H10BNO4/c1-7(14)5-16-10-3-2-8-6-17-12(15)11(8)9(10)4-13/h2-3,15H,5-6H2,1H3. The summed E-state index contributed by atoms with van der Waals surface area (Å²) in [5, 5.41) is 18.7. The summed E-state index contributed by atoms with van der Waals surface area (Å²) in [5.74, 6) is 0.164. The van der Waals surface area contributed by atoms with Crippen LogP contribution >= 0.6 is 0 Å². The molecule has 0 bridgehead atoms. The molecule has 86 valence electrons. The molecule has 0 atom stereocenters. The summed E-state index contributed by atoms with van der Waals surface area (Å²) in [7, 11) is -1.10. The molecule has 1 aliphatic heterocycles. The molecule has 0 aliphatic carbocycles. The molecule has 1 N–H and O–H groups in total. The molecule has 0 saturated carbocycles. The van der Waals surface area contributed by atoms with E-state index in [1.165, 1.54) is 6.92 Å². The Kier molecular flexibility index (Phi) is 3.13. The number of hydrogen-bond donors (Lipinski definition) is 1. The van der Waals surface area contributed by atoms with Gasteiger partial charge >= 0.3 is 7.12 Å². The molecular weight excluding hydrogens is 221 g/mol. The van der Waals surface area contributed by atoms with Crippen LogP contribution in [0.4, 0.5) is 0 Å². The zero-order chi connectivity index (χ0) is 12.4. The SMILES string of the molecule is CC(=O)COc1ccc2c(c1C#N)B(O)OC2. The maximum absolute atomic E-state index is 10.8. The highest BCUT2D eigenvalue weighted by molar-refractivity contribution is 6.62. The van der Waals surface area contributed by atoms with E-state index in [1.54, 1.807) is 12.1 Å². The first-order valence-corrected chi connectivity index (χ1v) is 5.11. The molecule has 1 aromatic rings. The highest BCUT2D eigenvalue weighted by Crippen LogP contribution is 2.22. The van der Waals surface area contributed by atoms with Crippen molar-refractivity contribution in [1.82, 2.24) is 0 Å². The largest absolute Gasteiger partial charge is 0.493 e. The van der Waals surface area contributed by atoms with Gasteiger partial charge in [0.25, 0.3) is 0 Å². The third-order valence-electron chi connectivity index (χ3n) is 2.48. The lowest BCUT2D eigenvalue weighted by atomic mass is 9.76. The Balaban J connectivity index is 2.38. The lowest BCUT2D eigenvalue weighted by molar-refractivity contribution is -0.118. The lowest BCUT2D eigenvalue weighted by Crippen LogP contribution is -2.31. The molecule has 0 radical (unpaired) electrons. The quantitative estimate of drug-likeness (QED) is 0.725. The number of carbonyl (C=O) groups excluding carboxylic acids is 1. The van der Waals surface area contributed by atoms with Crippen LogP contribution in [-0.4, -0.2) is 24.5 Å². The number of Topliss-reactive ketones (excluding diaryl/α,β-unsaturated/α-hetero) is 1. The Hall–Kier alpha value is -1.84. The molecular formula is C11H10BNO4. The first kappa shape index (κ1) is 11.6. The number of hydrogen-bond acceptors (Lipinski definition) is 5. The monoisotopic (exact) mass is 231 g/mol. The zero-order valence-electron chi connectivity index (χ0n) is 9.27. The third kappa shape index (κ3) is 2.16. The molecule has 2 rings (SSSR count). The van der Waals surface area contributed by atoms with Crippen molar-refractivity contribution in [2.75, 3.05) is 6.61 Å². The molecule has 0 spiro atoms. The van der Waals surface area contributed by atoms with E-state index in [1.807, 2.05) is 6.07 Å². The van der Waals surface area contributed by atoms with Gasteiger partial charge in [0.2, 0.25) is 0 Å². The fourth-order valence-corrected chi connectivity index (χ4v) is 1.72. The Morgan fingerprint density at radius 3 is 3.12 bits per heavy atom. The van der Waals surface area contributed by atoms with Gasteiger partial charge in [0.05, 0.1) is 12.2 Å². The normalized spacial score (nSPS) is 13.1. The summed E-state index contributed by atoms with van der Waals surface area (Å²) in [6, 6.07) is 5.31. The van der Waals surface area contributed by atoms with Crippen molar-refractivity contribution in [3.05, 3.63) is 23.3 Å². The molecule has 0 amide bonds. The van der Waals surface area contributed by atoms with Crippen molar-refractivity contribution in [3.63, 3.8) is 0 Å². The zero-order valence-corrected chi connectivity index (χ0v) is 9.27. The van der Waals surface area contributed by atoms with E-state index in [0.29, 0.717) is 11.2 Å². The predicted molar refractivity (Wildman–Crippen MR) is 59.7 cm³/mol. The second-order valence-electron chi connectivity index (χ2n) is 3.78. The number of carbonyl (C=O) groups is 1. The Morgan fingerprint density at radius 1 is 1.71 bits per heavy atom. The van der Waals surface area contributed by atoms with Crippen molar-refractivity contribution in [2.24, 2.45) is 0 Å².